The van der Waals surface area contributed by atoms with Crippen LogP contribution in [0.1, 0.15) is 60.3 Å². The molecule has 3 fully saturated rings. The average molecular weight is 579 g/mol. The molecule has 2 bridgehead atoms. The number of carbonyl (C=O) groups is 3. The number of amides is 3. The molecule has 1 spiro atoms. The number of rotatable bonds is 9. The highest BCUT2D eigenvalue weighted by Crippen LogP contribution is 2.60. The molecule has 0 saturated carbocycles. The highest BCUT2D eigenvalue weighted by atomic mass is 79.9. The second-order valence-electron chi connectivity index (χ2n) is 12.6. The average Bonchev–Trinajstić information content (AvgIpc) is 3.36. The van der Waals surface area contributed by atoms with E-state index in [1.807, 2.05) is 32.0 Å². The van der Waals surface area contributed by atoms with E-state index >= 15 is 0 Å². The number of aliphatic hydroxyl groups is 1. The summed E-state index contributed by atoms with van der Waals surface area (Å²) < 4.78 is 6.54. The number of alkyl halides is 1. The number of carbonyl (C=O) groups excluding carboxylic acids is 3. The lowest BCUT2D eigenvalue weighted by atomic mass is 9.70. The van der Waals surface area contributed by atoms with Crippen LogP contribution in [0.5, 0.6) is 0 Å². The van der Waals surface area contributed by atoms with Gasteiger partial charge in [0.05, 0.1) is 17.9 Å². The van der Waals surface area contributed by atoms with E-state index in [0.717, 1.165) is 6.42 Å². The van der Waals surface area contributed by atoms with Crippen LogP contribution in [0.4, 0.5) is 5.69 Å². The predicted molar refractivity (Wildman–Crippen MR) is 145 cm³/mol. The number of hydrogen-bond donors (Lipinski definition) is 3. The normalized spacial score (nSPS) is 30.9. The Labute approximate surface area is 228 Å². The van der Waals surface area contributed by atoms with Crippen molar-refractivity contribution in [2.45, 2.75) is 88.4 Å². The molecule has 3 aliphatic heterocycles. The van der Waals surface area contributed by atoms with Gasteiger partial charge in [-0.25, -0.2) is 0 Å². The molecule has 4 rings (SSSR count). The van der Waals surface area contributed by atoms with Crippen molar-refractivity contribution >= 4 is 39.3 Å². The highest BCUT2D eigenvalue weighted by Gasteiger charge is 2.76. The molecular weight excluding hydrogens is 538 g/mol. The topological polar surface area (TPSA) is 108 Å². The first-order valence-electron chi connectivity index (χ1n) is 13.2. The summed E-state index contributed by atoms with van der Waals surface area (Å²) in [5.74, 6) is -2.21. The zero-order valence-electron chi connectivity index (χ0n) is 22.4. The van der Waals surface area contributed by atoms with E-state index in [-0.39, 0.29) is 34.6 Å². The first kappa shape index (κ1) is 28.0. The summed E-state index contributed by atoms with van der Waals surface area (Å²) in [6, 6.07) is 8.31. The first-order valence-corrected chi connectivity index (χ1v) is 14.1. The maximum absolute atomic E-state index is 14.0. The van der Waals surface area contributed by atoms with Crippen molar-refractivity contribution in [2.24, 2.45) is 17.3 Å². The maximum Gasteiger partial charge on any atom is 0.246 e. The number of ether oxygens (including phenoxy) is 1. The summed E-state index contributed by atoms with van der Waals surface area (Å²) in [6.07, 6.45) is 1.79. The number of hydrogen-bond acceptors (Lipinski definition) is 5. The maximum atomic E-state index is 14.0. The molecule has 3 heterocycles. The molecule has 37 heavy (non-hydrogen) atoms. The van der Waals surface area contributed by atoms with Gasteiger partial charge in [-0.1, -0.05) is 54.9 Å². The van der Waals surface area contributed by atoms with Crippen LogP contribution in [-0.4, -0.2) is 69.0 Å². The zero-order valence-corrected chi connectivity index (χ0v) is 24.0. The van der Waals surface area contributed by atoms with Gasteiger partial charge in [0.2, 0.25) is 17.7 Å². The van der Waals surface area contributed by atoms with Crippen LogP contribution >= 0.6 is 15.9 Å². The van der Waals surface area contributed by atoms with Gasteiger partial charge in [0.1, 0.15) is 11.6 Å². The molecule has 0 radical (unpaired) electrons. The highest BCUT2D eigenvalue weighted by molar-refractivity contribution is 9.09. The molecule has 3 N–H and O–H groups in total. The van der Waals surface area contributed by atoms with Crippen molar-refractivity contribution in [3.8, 4) is 0 Å². The van der Waals surface area contributed by atoms with E-state index in [9.17, 15) is 19.5 Å². The number of nitrogens with zero attached hydrogens (tertiary/aromatic N) is 1. The van der Waals surface area contributed by atoms with Crippen LogP contribution in [0.25, 0.3) is 0 Å². The minimum absolute atomic E-state index is 0.00615. The number of unbranched alkanes of at least 4 members (excludes halogenated alkanes) is 1. The molecule has 3 saturated heterocycles. The Morgan fingerprint density at radius 1 is 1.14 bits per heavy atom. The van der Waals surface area contributed by atoms with Gasteiger partial charge in [0.15, 0.2) is 0 Å². The third-order valence-electron chi connectivity index (χ3n) is 7.62. The minimum Gasteiger partial charge on any atom is -0.396 e. The number of benzene rings is 1. The fourth-order valence-electron chi connectivity index (χ4n) is 6.88. The molecule has 204 valence electrons. The zero-order chi connectivity index (χ0) is 27.2. The largest absolute Gasteiger partial charge is 0.396 e. The van der Waals surface area contributed by atoms with Crippen molar-refractivity contribution in [2.75, 3.05) is 18.5 Å². The molecule has 1 aromatic rings. The number of halogens is 1. The van der Waals surface area contributed by atoms with Crippen LogP contribution in [0.15, 0.2) is 30.3 Å². The molecule has 3 aliphatic rings. The molecule has 3 amide bonds. The van der Waals surface area contributed by atoms with Crippen LogP contribution in [0.3, 0.4) is 0 Å². The Hall–Kier alpha value is -1.97. The third kappa shape index (κ3) is 5.45. The van der Waals surface area contributed by atoms with Crippen LogP contribution in [0, 0.1) is 17.3 Å². The van der Waals surface area contributed by atoms with Crippen molar-refractivity contribution in [1.29, 1.82) is 0 Å². The van der Waals surface area contributed by atoms with Gasteiger partial charge in [-0.3, -0.25) is 14.4 Å². The fraction of sp³-hybridized carbons (Fsp3) is 0.679. The monoisotopic (exact) mass is 577 g/mol. The second-order valence-corrected chi connectivity index (χ2v) is 13.8. The number of nitrogens with one attached hydrogen (secondary N) is 2. The number of likely N-dealkylation sites (tertiary alicyclic amines) is 1. The van der Waals surface area contributed by atoms with Crippen molar-refractivity contribution < 1.29 is 24.2 Å². The summed E-state index contributed by atoms with van der Waals surface area (Å²) in [6.45, 7) is 10.7. The van der Waals surface area contributed by atoms with E-state index in [1.54, 1.807) is 17.0 Å². The number of para-hydroxylation sites is 1. The Bertz CT molecular complexity index is 1030. The quantitative estimate of drug-likeness (QED) is 0.307. The number of fused-ring (bicyclic) bond motifs is 1. The standard InChI is InChI=1S/C28H40BrN3O5/c1-26(2,3)16-27(4,5)31-24(35)22-28-15-18(29)21(37-28)19(23(34)30-17-11-7-6-8-12-17)20(28)25(36)32(22)13-9-10-14-33/h6-8,11-12,18-22,33H,9-10,13-16H2,1-5H3,(H,30,34)(H,31,35)/t18?,19-,20-,21-,22?,28?/m0/s1. The van der Waals surface area contributed by atoms with Gasteiger partial charge in [-0.05, 0) is 57.1 Å². The molecule has 0 aromatic heterocycles. The van der Waals surface area contributed by atoms with Crippen molar-refractivity contribution in [3.05, 3.63) is 30.3 Å². The minimum atomic E-state index is -1.09. The number of anilines is 1. The van der Waals surface area contributed by atoms with Gasteiger partial charge in [-0.2, -0.15) is 0 Å². The molecular formula is C28H40BrN3O5. The summed E-state index contributed by atoms with van der Waals surface area (Å²) in [7, 11) is 0. The molecule has 0 aliphatic carbocycles. The second kappa shape index (κ2) is 10.3. The summed E-state index contributed by atoms with van der Waals surface area (Å²) in [5.41, 5.74) is -0.944. The SMILES string of the molecule is CC(C)(C)CC(C)(C)NC(=O)C1N(CCCCO)C(=O)[C@@H]2[C@H](C(=O)Nc3ccccc3)[C@H]3OC12CC3Br. The van der Waals surface area contributed by atoms with E-state index in [4.69, 9.17) is 4.74 Å². The lowest BCUT2D eigenvalue weighted by Gasteiger charge is -2.38. The first-order chi connectivity index (χ1) is 17.3. The summed E-state index contributed by atoms with van der Waals surface area (Å²) >= 11 is 3.70. The molecule has 8 nitrogen and oxygen atoms in total. The van der Waals surface area contributed by atoms with Crippen LogP contribution in [0.2, 0.25) is 0 Å². The van der Waals surface area contributed by atoms with Crippen LogP contribution in [-0.2, 0) is 19.1 Å². The lowest BCUT2D eigenvalue weighted by Crippen LogP contribution is -2.59. The van der Waals surface area contributed by atoms with Gasteiger partial charge in [-0.15, -0.1) is 0 Å². The Morgan fingerprint density at radius 2 is 1.81 bits per heavy atom. The lowest BCUT2D eigenvalue weighted by molar-refractivity contribution is -0.142. The molecule has 1 aromatic carbocycles. The molecule has 3 unspecified atom stereocenters. The van der Waals surface area contributed by atoms with Gasteiger partial charge < -0.3 is 25.4 Å². The smallest absolute Gasteiger partial charge is 0.246 e. The van der Waals surface area contributed by atoms with E-state index in [2.05, 4.69) is 47.3 Å². The Kier molecular flexibility index (Phi) is 7.81. The number of aliphatic hydroxyl groups excluding tert-OH is 1. The molecule has 6 atom stereocenters. The van der Waals surface area contributed by atoms with E-state index < -0.39 is 35.1 Å². The van der Waals surface area contributed by atoms with E-state index in [1.165, 1.54) is 0 Å². The van der Waals surface area contributed by atoms with E-state index in [0.29, 0.717) is 31.5 Å². The Morgan fingerprint density at radius 3 is 2.43 bits per heavy atom. The fourth-order valence-corrected chi connectivity index (χ4v) is 7.83. The van der Waals surface area contributed by atoms with Crippen LogP contribution < -0.4 is 10.6 Å². The van der Waals surface area contributed by atoms with Crippen molar-refractivity contribution in [1.82, 2.24) is 10.2 Å². The van der Waals surface area contributed by atoms with Gasteiger partial charge in [0, 0.05) is 29.2 Å². The molecule has 9 heteroatoms. The van der Waals surface area contributed by atoms with Gasteiger partial charge in [0.25, 0.3) is 0 Å². The van der Waals surface area contributed by atoms with Gasteiger partial charge >= 0.3 is 0 Å². The van der Waals surface area contributed by atoms with Crippen molar-refractivity contribution in [3.63, 3.8) is 0 Å². The Balaban J connectivity index is 1.66. The summed E-state index contributed by atoms with van der Waals surface area (Å²) in [5, 5.41) is 15.5. The third-order valence-corrected chi connectivity index (χ3v) is 8.47. The summed E-state index contributed by atoms with van der Waals surface area (Å²) in [4.78, 5) is 42.9. The predicted octanol–water partition coefficient (Wildman–Crippen LogP) is 3.48.